The Bertz CT molecular complexity index is 966. The topological polar surface area (TPSA) is 70.7 Å². The van der Waals surface area contributed by atoms with Crippen LogP contribution in [0.4, 0.5) is 16.2 Å². The Kier molecular flexibility index (Phi) is 5.64. The third-order valence-electron chi connectivity index (χ3n) is 4.98. The van der Waals surface area contributed by atoms with Crippen LogP contribution in [0.5, 0.6) is 5.75 Å². The van der Waals surface area contributed by atoms with Gasteiger partial charge in [-0.2, -0.15) is 0 Å². The second kappa shape index (κ2) is 7.99. The fraction of sp³-hybridized carbons (Fsp3) is 0.304. The van der Waals surface area contributed by atoms with Crippen molar-refractivity contribution >= 4 is 28.9 Å². The first-order valence-electron chi connectivity index (χ1n) is 9.64. The lowest BCUT2D eigenvalue weighted by molar-refractivity contribution is -0.121. The zero-order valence-corrected chi connectivity index (χ0v) is 17.3. The number of urea groups is 1. The van der Waals surface area contributed by atoms with Gasteiger partial charge in [-0.3, -0.25) is 4.79 Å². The number of amides is 3. The van der Waals surface area contributed by atoms with E-state index in [0.29, 0.717) is 23.7 Å². The summed E-state index contributed by atoms with van der Waals surface area (Å²) in [6.45, 7) is 12.3. The van der Waals surface area contributed by atoms with Gasteiger partial charge in [0.15, 0.2) is 6.61 Å². The molecule has 2 aromatic carbocycles. The Labute approximate surface area is 171 Å². The van der Waals surface area contributed by atoms with Crippen LogP contribution < -0.4 is 20.3 Å². The van der Waals surface area contributed by atoms with Crippen molar-refractivity contribution < 1.29 is 14.3 Å². The van der Waals surface area contributed by atoms with E-state index in [1.165, 1.54) is 0 Å². The highest BCUT2D eigenvalue weighted by atomic mass is 16.5. The maximum absolute atomic E-state index is 12.6. The smallest absolute Gasteiger partial charge is 0.319 e. The van der Waals surface area contributed by atoms with E-state index in [9.17, 15) is 9.59 Å². The van der Waals surface area contributed by atoms with Crippen LogP contribution in [0, 0.1) is 0 Å². The number of fused-ring (bicyclic) bond motifs is 1. The molecule has 0 bridgehead atoms. The molecule has 2 aromatic rings. The quantitative estimate of drug-likeness (QED) is 0.784. The molecule has 0 spiro atoms. The van der Waals surface area contributed by atoms with Crippen molar-refractivity contribution in [3.05, 3.63) is 60.2 Å². The molecule has 152 valence electrons. The van der Waals surface area contributed by atoms with Gasteiger partial charge in [0, 0.05) is 18.3 Å². The molecule has 3 rings (SSSR count). The number of carbonyl (C=O) groups is 2. The lowest BCUT2D eigenvalue weighted by Crippen LogP contribution is -2.43. The van der Waals surface area contributed by atoms with Gasteiger partial charge in [0.25, 0.3) is 5.91 Å². The Morgan fingerprint density at radius 2 is 2.00 bits per heavy atom. The number of hydrogen-bond donors (Lipinski definition) is 2. The average molecular weight is 393 g/mol. The van der Waals surface area contributed by atoms with E-state index in [-0.39, 0.29) is 18.5 Å². The van der Waals surface area contributed by atoms with Crippen molar-refractivity contribution in [2.75, 3.05) is 23.4 Å². The van der Waals surface area contributed by atoms with Crippen LogP contribution in [-0.4, -0.2) is 25.1 Å². The predicted molar refractivity (Wildman–Crippen MR) is 116 cm³/mol. The molecule has 0 unspecified atom stereocenters. The first-order valence-corrected chi connectivity index (χ1v) is 9.64. The normalized spacial score (nSPS) is 13.4. The standard InChI is InChI=1S/C23H27N3O3/c1-6-26-19-11-10-18(13-20(19)29-14-21(26)27)24-22(28)25-23(4,5)17-9-7-8-16(12-17)15(2)3/h7-13H,2,6,14H2,1,3-5H3,(H2,24,25,28). The Morgan fingerprint density at radius 3 is 2.69 bits per heavy atom. The molecule has 2 N–H and O–H groups in total. The summed E-state index contributed by atoms with van der Waals surface area (Å²) in [5, 5.41) is 5.86. The predicted octanol–water partition coefficient (Wildman–Crippen LogP) is 4.52. The molecule has 6 nitrogen and oxygen atoms in total. The maximum atomic E-state index is 12.6. The van der Waals surface area contributed by atoms with Gasteiger partial charge in [-0.25, -0.2) is 4.79 Å². The van der Waals surface area contributed by atoms with Crippen molar-refractivity contribution in [3.63, 3.8) is 0 Å². The summed E-state index contributed by atoms with van der Waals surface area (Å²) in [6.07, 6.45) is 0. The van der Waals surface area contributed by atoms with Gasteiger partial charge >= 0.3 is 6.03 Å². The minimum absolute atomic E-state index is 0.00256. The lowest BCUT2D eigenvalue weighted by atomic mass is 9.92. The highest BCUT2D eigenvalue weighted by Gasteiger charge is 2.26. The van der Waals surface area contributed by atoms with Crippen molar-refractivity contribution in [1.29, 1.82) is 0 Å². The van der Waals surface area contributed by atoms with Gasteiger partial charge in [-0.15, -0.1) is 0 Å². The Morgan fingerprint density at radius 1 is 1.24 bits per heavy atom. The van der Waals surface area contributed by atoms with Gasteiger partial charge in [0.2, 0.25) is 0 Å². The second-order valence-corrected chi connectivity index (χ2v) is 7.67. The number of rotatable bonds is 5. The summed E-state index contributed by atoms with van der Waals surface area (Å²) in [7, 11) is 0. The van der Waals surface area contributed by atoms with Crippen LogP contribution in [0.2, 0.25) is 0 Å². The van der Waals surface area contributed by atoms with Crippen LogP contribution in [-0.2, 0) is 10.3 Å². The Hall–Kier alpha value is -3.28. The number of allylic oxidation sites excluding steroid dienone is 1. The zero-order chi connectivity index (χ0) is 21.2. The fourth-order valence-corrected chi connectivity index (χ4v) is 3.32. The second-order valence-electron chi connectivity index (χ2n) is 7.67. The highest BCUT2D eigenvalue weighted by Crippen LogP contribution is 2.34. The van der Waals surface area contributed by atoms with E-state index in [1.54, 1.807) is 23.1 Å². The zero-order valence-electron chi connectivity index (χ0n) is 17.3. The summed E-state index contributed by atoms with van der Waals surface area (Å²) in [5.74, 6) is 0.509. The van der Waals surface area contributed by atoms with Crippen molar-refractivity contribution in [2.24, 2.45) is 0 Å². The number of likely N-dealkylation sites (N-methyl/N-ethyl adjacent to an activating group) is 1. The van der Waals surface area contributed by atoms with E-state index in [0.717, 1.165) is 16.7 Å². The van der Waals surface area contributed by atoms with E-state index < -0.39 is 5.54 Å². The van der Waals surface area contributed by atoms with Gasteiger partial charge in [-0.05, 0) is 57.0 Å². The molecule has 0 atom stereocenters. The molecule has 1 heterocycles. The van der Waals surface area contributed by atoms with E-state index >= 15 is 0 Å². The molecule has 0 radical (unpaired) electrons. The fourth-order valence-electron chi connectivity index (χ4n) is 3.32. The summed E-state index contributed by atoms with van der Waals surface area (Å²) in [5.41, 5.74) is 3.73. The van der Waals surface area contributed by atoms with E-state index in [1.807, 2.05) is 52.0 Å². The van der Waals surface area contributed by atoms with Crippen LogP contribution in [0.3, 0.4) is 0 Å². The first-order chi connectivity index (χ1) is 13.7. The summed E-state index contributed by atoms with van der Waals surface area (Å²) >= 11 is 0. The lowest BCUT2D eigenvalue weighted by Gasteiger charge is -2.29. The molecule has 0 aromatic heterocycles. The van der Waals surface area contributed by atoms with Crippen LogP contribution >= 0.6 is 0 Å². The maximum Gasteiger partial charge on any atom is 0.319 e. The minimum atomic E-state index is -0.578. The molecule has 29 heavy (non-hydrogen) atoms. The Balaban J connectivity index is 1.73. The third kappa shape index (κ3) is 4.42. The third-order valence-corrected chi connectivity index (χ3v) is 4.98. The number of ether oxygens (including phenoxy) is 1. The molecule has 0 fully saturated rings. The summed E-state index contributed by atoms with van der Waals surface area (Å²) in [4.78, 5) is 26.2. The largest absolute Gasteiger partial charge is 0.481 e. The van der Waals surface area contributed by atoms with Crippen LogP contribution in [0.15, 0.2) is 49.0 Å². The molecule has 6 heteroatoms. The molecule has 1 aliphatic rings. The number of hydrogen-bond acceptors (Lipinski definition) is 3. The van der Waals surface area contributed by atoms with E-state index in [2.05, 4.69) is 17.2 Å². The molecular weight excluding hydrogens is 366 g/mol. The number of nitrogens with zero attached hydrogens (tertiary/aromatic N) is 1. The van der Waals surface area contributed by atoms with Crippen molar-refractivity contribution in [2.45, 2.75) is 33.2 Å². The number of benzene rings is 2. The summed E-state index contributed by atoms with van der Waals surface area (Å²) < 4.78 is 5.52. The van der Waals surface area contributed by atoms with Gasteiger partial charge < -0.3 is 20.3 Å². The van der Waals surface area contributed by atoms with Gasteiger partial charge in [0.05, 0.1) is 11.2 Å². The highest BCUT2D eigenvalue weighted by molar-refractivity contribution is 5.98. The van der Waals surface area contributed by atoms with E-state index in [4.69, 9.17) is 4.74 Å². The average Bonchev–Trinajstić information content (AvgIpc) is 2.67. The molecule has 3 amide bonds. The molecule has 0 saturated carbocycles. The van der Waals surface area contributed by atoms with Crippen LogP contribution in [0.1, 0.15) is 38.8 Å². The molecule has 0 aliphatic carbocycles. The van der Waals surface area contributed by atoms with Crippen LogP contribution in [0.25, 0.3) is 5.57 Å². The number of carbonyl (C=O) groups excluding carboxylic acids is 2. The minimum Gasteiger partial charge on any atom is -0.481 e. The van der Waals surface area contributed by atoms with Gasteiger partial charge in [-0.1, -0.05) is 30.4 Å². The monoisotopic (exact) mass is 393 g/mol. The first kappa shape index (κ1) is 20.5. The number of nitrogens with one attached hydrogen (secondary N) is 2. The van der Waals surface area contributed by atoms with Crippen molar-refractivity contribution in [3.8, 4) is 5.75 Å². The molecule has 1 aliphatic heterocycles. The summed E-state index contributed by atoms with van der Waals surface area (Å²) in [6, 6.07) is 12.9. The molecular formula is C23H27N3O3. The molecule has 0 saturated heterocycles. The van der Waals surface area contributed by atoms with Crippen molar-refractivity contribution in [1.82, 2.24) is 5.32 Å². The number of anilines is 2. The SMILES string of the molecule is C=C(C)c1cccc(C(C)(C)NC(=O)Nc2ccc3c(c2)OCC(=O)N3CC)c1. The van der Waals surface area contributed by atoms with Gasteiger partial charge in [0.1, 0.15) is 5.75 Å².